The Balaban J connectivity index is 1.70. The third kappa shape index (κ3) is 3.45. The van der Waals surface area contributed by atoms with Gasteiger partial charge in [-0.25, -0.2) is 17.2 Å². The molecule has 8 heteroatoms. The quantitative estimate of drug-likeness (QED) is 0.842. The standard InChI is InChI=1S/C16H17F2N3O2S/c17-14-2-1-3-15(18)16(14)24(22,23)21-10-8-20(9-11-21)12-13-4-6-19-7-5-13/h1-7H,8-12H2. The van der Waals surface area contributed by atoms with Crippen molar-refractivity contribution in [3.8, 4) is 0 Å². The van der Waals surface area contributed by atoms with Gasteiger partial charge in [-0.05, 0) is 29.8 Å². The highest BCUT2D eigenvalue weighted by molar-refractivity contribution is 7.89. The number of aromatic nitrogens is 1. The van der Waals surface area contributed by atoms with Gasteiger partial charge in [0, 0.05) is 45.1 Å². The van der Waals surface area contributed by atoms with Crippen molar-refractivity contribution >= 4 is 10.0 Å². The summed E-state index contributed by atoms with van der Waals surface area (Å²) in [5, 5.41) is 0. The minimum absolute atomic E-state index is 0.196. The monoisotopic (exact) mass is 353 g/mol. The molecule has 0 bridgehead atoms. The Morgan fingerprint density at radius 1 is 0.958 bits per heavy atom. The van der Waals surface area contributed by atoms with Gasteiger partial charge in [-0.2, -0.15) is 4.31 Å². The van der Waals surface area contributed by atoms with Crippen LogP contribution in [-0.2, 0) is 16.6 Å². The van der Waals surface area contributed by atoms with Gasteiger partial charge in [0.2, 0.25) is 10.0 Å². The van der Waals surface area contributed by atoms with Gasteiger partial charge in [-0.1, -0.05) is 6.07 Å². The van der Waals surface area contributed by atoms with Crippen LogP contribution in [-0.4, -0.2) is 48.8 Å². The maximum absolute atomic E-state index is 13.8. The molecule has 1 aliphatic rings. The van der Waals surface area contributed by atoms with Crippen LogP contribution in [0.15, 0.2) is 47.6 Å². The molecular weight excluding hydrogens is 336 g/mol. The first-order chi connectivity index (χ1) is 11.5. The molecule has 2 heterocycles. The van der Waals surface area contributed by atoms with E-state index in [-0.39, 0.29) is 13.1 Å². The fraction of sp³-hybridized carbons (Fsp3) is 0.312. The Morgan fingerprint density at radius 3 is 2.12 bits per heavy atom. The van der Waals surface area contributed by atoms with Crippen molar-refractivity contribution in [3.63, 3.8) is 0 Å². The Morgan fingerprint density at radius 2 is 1.54 bits per heavy atom. The van der Waals surface area contributed by atoms with Crippen molar-refractivity contribution in [1.82, 2.24) is 14.2 Å². The minimum Gasteiger partial charge on any atom is -0.296 e. The van der Waals surface area contributed by atoms with Crippen LogP contribution in [0.1, 0.15) is 5.56 Å². The van der Waals surface area contributed by atoms with E-state index in [9.17, 15) is 17.2 Å². The van der Waals surface area contributed by atoms with Crippen LogP contribution in [0.4, 0.5) is 8.78 Å². The molecule has 1 fully saturated rings. The van der Waals surface area contributed by atoms with Gasteiger partial charge in [0.1, 0.15) is 11.6 Å². The SMILES string of the molecule is O=S(=O)(c1c(F)cccc1F)N1CCN(Cc2ccncc2)CC1. The molecule has 0 aliphatic carbocycles. The maximum atomic E-state index is 13.8. The van der Waals surface area contributed by atoms with Gasteiger partial charge in [0.05, 0.1) is 0 Å². The summed E-state index contributed by atoms with van der Waals surface area (Å²) in [5.41, 5.74) is 1.08. The molecule has 128 valence electrons. The van der Waals surface area contributed by atoms with Gasteiger partial charge in [-0.3, -0.25) is 9.88 Å². The van der Waals surface area contributed by atoms with Crippen LogP contribution in [0.3, 0.4) is 0 Å². The lowest BCUT2D eigenvalue weighted by molar-refractivity contribution is 0.181. The van der Waals surface area contributed by atoms with Crippen LogP contribution in [0.25, 0.3) is 0 Å². The zero-order chi connectivity index (χ0) is 17.2. The zero-order valence-electron chi connectivity index (χ0n) is 12.9. The van der Waals surface area contributed by atoms with Crippen LogP contribution in [0.2, 0.25) is 0 Å². The van der Waals surface area contributed by atoms with E-state index in [1.165, 1.54) is 0 Å². The number of sulfonamides is 1. The molecule has 0 atom stereocenters. The molecule has 1 aromatic carbocycles. The third-order valence-corrected chi connectivity index (χ3v) is 5.95. The van der Waals surface area contributed by atoms with Gasteiger partial charge < -0.3 is 0 Å². The molecule has 0 N–H and O–H groups in total. The zero-order valence-corrected chi connectivity index (χ0v) is 13.7. The lowest BCUT2D eigenvalue weighted by Gasteiger charge is -2.34. The molecule has 0 amide bonds. The Bertz CT molecular complexity index is 787. The van der Waals surface area contributed by atoms with Gasteiger partial charge in [0.15, 0.2) is 4.90 Å². The molecule has 2 aromatic rings. The lowest BCUT2D eigenvalue weighted by Crippen LogP contribution is -2.48. The minimum atomic E-state index is -4.17. The molecule has 1 aliphatic heterocycles. The topological polar surface area (TPSA) is 53.5 Å². The molecule has 1 aromatic heterocycles. The molecule has 0 radical (unpaired) electrons. The highest BCUT2D eigenvalue weighted by Gasteiger charge is 2.32. The van der Waals surface area contributed by atoms with E-state index in [1.54, 1.807) is 12.4 Å². The molecule has 0 unspecified atom stereocenters. The second-order valence-electron chi connectivity index (χ2n) is 5.59. The van der Waals surface area contributed by atoms with Gasteiger partial charge in [0.25, 0.3) is 0 Å². The van der Waals surface area contributed by atoms with E-state index < -0.39 is 26.6 Å². The Labute approximate surface area is 139 Å². The number of hydrogen-bond donors (Lipinski definition) is 0. The van der Waals surface area contributed by atoms with Crippen molar-refractivity contribution in [2.75, 3.05) is 26.2 Å². The summed E-state index contributed by atoms with van der Waals surface area (Å²) in [7, 11) is -4.17. The van der Waals surface area contributed by atoms with E-state index in [1.807, 2.05) is 12.1 Å². The smallest absolute Gasteiger partial charge is 0.249 e. The largest absolute Gasteiger partial charge is 0.296 e. The second kappa shape index (κ2) is 6.92. The predicted octanol–water partition coefficient (Wildman–Crippen LogP) is 1.87. The normalized spacial score (nSPS) is 17.1. The Kier molecular flexibility index (Phi) is 4.88. The molecule has 1 saturated heterocycles. The number of halogens is 2. The summed E-state index contributed by atoms with van der Waals surface area (Å²) in [6.45, 7) is 2.07. The summed E-state index contributed by atoms with van der Waals surface area (Å²) in [6.07, 6.45) is 3.41. The first-order valence-electron chi connectivity index (χ1n) is 7.54. The van der Waals surface area contributed by atoms with E-state index in [0.717, 1.165) is 28.1 Å². The fourth-order valence-electron chi connectivity index (χ4n) is 2.73. The van der Waals surface area contributed by atoms with E-state index in [0.29, 0.717) is 19.6 Å². The average molecular weight is 353 g/mol. The Hall–Kier alpha value is -1.90. The summed E-state index contributed by atoms with van der Waals surface area (Å²) < 4.78 is 53.8. The van der Waals surface area contributed by atoms with Gasteiger partial charge >= 0.3 is 0 Å². The molecule has 5 nitrogen and oxygen atoms in total. The number of nitrogens with zero attached hydrogens (tertiary/aromatic N) is 3. The highest BCUT2D eigenvalue weighted by atomic mass is 32.2. The molecule has 3 rings (SSSR count). The maximum Gasteiger partial charge on any atom is 0.249 e. The van der Waals surface area contributed by atoms with Crippen LogP contribution in [0.5, 0.6) is 0 Å². The van der Waals surface area contributed by atoms with Crippen LogP contribution in [0, 0.1) is 11.6 Å². The fourth-order valence-corrected chi connectivity index (χ4v) is 4.26. The number of hydrogen-bond acceptors (Lipinski definition) is 4. The molecular formula is C16H17F2N3O2S. The van der Waals surface area contributed by atoms with E-state index >= 15 is 0 Å². The summed E-state index contributed by atoms with van der Waals surface area (Å²) >= 11 is 0. The van der Waals surface area contributed by atoms with Crippen LogP contribution < -0.4 is 0 Å². The van der Waals surface area contributed by atoms with E-state index in [2.05, 4.69) is 9.88 Å². The molecule has 0 saturated carbocycles. The first kappa shape index (κ1) is 16.9. The number of rotatable bonds is 4. The van der Waals surface area contributed by atoms with Crippen molar-refractivity contribution < 1.29 is 17.2 Å². The summed E-state index contributed by atoms with van der Waals surface area (Å²) in [6, 6.07) is 6.86. The summed E-state index contributed by atoms with van der Waals surface area (Å²) in [4.78, 5) is 5.18. The van der Waals surface area contributed by atoms with Crippen molar-refractivity contribution in [1.29, 1.82) is 0 Å². The highest BCUT2D eigenvalue weighted by Crippen LogP contribution is 2.23. The molecule has 0 spiro atoms. The van der Waals surface area contributed by atoms with Gasteiger partial charge in [-0.15, -0.1) is 0 Å². The first-order valence-corrected chi connectivity index (χ1v) is 8.98. The lowest BCUT2D eigenvalue weighted by atomic mass is 10.2. The summed E-state index contributed by atoms with van der Waals surface area (Å²) in [5.74, 6) is -2.12. The van der Waals surface area contributed by atoms with Crippen LogP contribution >= 0.6 is 0 Å². The third-order valence-electron chi connectivity index (χ3n) is 4.00. The molecule has 24 heavy (non-hydrogen) atoms. The average Bonchev–Trinajstić information content (AvgIpc) is 2.56. The second-order valence-corrected chi connectivity index (χ2v) is 7.46. The van der Waals surface area contributed by atoms with Crippen molar-refractivity contribution in [3.05, 3.63) is 59.9 Å². The van der Waals surface area contributed by atoms with Crippen molar-refractivity contribution in [2.45, 2.75) is 11.4 Å². The van der Waals surface area contributed by atoms with Crippen molar-refractivity contribution in [2.24, 2.45) is 0 Å². The predicted molar refractivity (Wildman–Crippen MR) is 84.6 cm³/mol. The number of piperazine rings is 1. The number of benzene rings is 1. The number of pyridine rings is 1. The van der Waals surface area contributed by atoms with E-state index in [4.69, 9.17) is 0 Å².